The smallest absolute Gasteiger partial charge is 0.143 e. The second kappa shape index (κ2) is 20.9. The minimum atomic E-state index is -0.0541. The van der Waals surface area contributed by atoms with Crippen molar-refractivity contribution >= 4 is 17.3 Å². The molecular weight excluding hydrogens is 444 g/mol. The topological polar surface area (TPSA) is 51.2 Å². The number of hydrogen-bond acceptors (Lipinski definition) is 3. The Morgan fingerprint density at radius 1 is 1.03 bits per heavy atom. The molecule has 3 atom stereocenters. The van der Waals surface area contributed by atoms with Crippen molar-refractivity contribution < 1.29 is 14.4 Å². The number of benzene rings is 1. The van der Waals surface area contributed by atoms with Crippen LogP contribution >= 0.6 is 0 Å². The number of carbonyl (C=O) groups is 3. The lowest BCUT2D eigenvalue weighted by atomic mass is 9.75. The zero-order valence-electron chi connectivity index (χ0n) is 24.1. The van der Waals surface area contributed by atoms with Crippen molar-refractivity contribution in [2.75, 3.05) is 0 Å². The molecule has 0 bridgehead atoms. The number of rotatable bonds is 9. The first-order valence-electron chi connectivity index (χ1n) is 14.1. The zero-order valence-corrected chi connectivity index (χ0v) is 24.1. The molecule has 0 spiro atoms. The summed E-state index contributed by atoms with van der Waals surface area (Å²) in [6, 6.07) is 10.3. The van der Waals surface area contributed by atoms with Crippen LogP contribution < -0.4 is 0 Å². The van der Waals surface area contributed by atoms with Gasteiger partial charge < -0.3 is 0 Å². The van der Waals surface area contributed by atoms with Crippen molar-refractivity contribution in [3.05, 3.63) is 59.7 Å². The maximum absolute atomic E-state index is 12.6. The Bertz CT molecular complexity index is 803. The Balaban J connectivity index is 0.00000102. The number of carbonyl (C=O) groups excluding carboxylic acids is 3. The summed E-state index contributed by atoms with van der Waals surface area (Å²) >= 11 is 0. The van der Waals surface area contributed by atoms with Crippen molar-refractivity contribution in [2.24, 2.45) is 17.8 Å². The monoisotopic (exact) mass is 496 g/mol. The molecule has 0 amide bonds. The van der Waals surface area contributed by atoms with E-state index in [1.165, 1.54) is 18.9 Å². The molecule has 1 aromatic carbocycles. The van der Waals surface area contributed by atoms with Gasteiger partial charge in [0.2, 0.25) is 0 Å². The highest BCUT2D eigenvalue weighted by molar-refractivity contribution is 5.99. The summed E-state index contributed by atoms with van der Waals surface area (Å²) < 4.78 is 0. The first-order valence-corrected chi connectivity index (χ1v) is 14.1. The fourth-order valence-electron chi connectivity index (χ4n) is 4.74. The molecule has 0 fully saturated rings. The zero-order chi connectivity index (χ0) is 27.3. The van der Waals surface area contributed by atoms with E-state index in [2.05, 4.69) is 52.0 Å². The van der Waals surface area contributed by atoms with Crippen molar-refractivity contribution in [3.8, 4) is 0 Å². The van der Waals surface area contributed by atoms with E-state index in [1.807, 2.05) is 38.1 Å². The second-order valence-corrected chi connectivity index (χ2v) is 10.3. The third kappa shape index (κ3) is 16.4. The van der Waals surface area contributed by atoms with Gasteiger partial charge in [-0.15, -0.1) is 0 Å². The van der Waals surface area contributed by atoms with Crippen LogP contribution in [0.2, 0.25) is 0 Å². The van der Waals surface area contributed by atoms with Crippen LogP contribution in [0.4, 0.5) is 0 Å². The maximum Gasteiger partial charge on any atom is 0.143 e. The second-order valence-electron chi connectivity index (χ2n) is 10.3. The number of ketones is 3. The van der Waals surface area contributed by atoms with E-state index >= 15 is 0 Å². The van der Waals surface area contributed by atoms with Crippen LogP contribution in [0.1, 0.15) is 111 Å². The molecule has 0 radical (unpaired) electrons. The molecule has 36 heavy (non-hydrogen) atoms. The van der Waals surface area contributed by atoms with Crippen LogP contribution in [-0.4, -0.2) is 17.3 Å². The summed E-state index contributed by atoms with van der Waals surface area (Å²) in [5, 5.41) is 0. The number of Topliss-reactive ketones (excluding diaryl/α,β-unsaturated/α-hetero) is 3. The van der Waals surface area contributed by atoms with Crippen LogP contribution in [0.15, 0.2) is 54.1 Å². The SMILES string of the molecule is CCC.CCCC(CC1CC/C=C\C=C(\C)CC(=O)C1)C(CC)C(=O)CC(C)=O.Cc1ccccc1. The van der Waals surface area contributed by atoms with Gasteiger partial charge in [0, 0.05) is 18.8 Å². The summed E-state index contributed by atoms with van der Waals surface area (Å²) in [6.07, 6.45) is 14.4. The Morgan fingerprint density at radius 2 is 1.67 bits per heavy atom. The van der Waals surface area contributed by atoms with E-state index in [9.17, 15) is 14.4 Å². The first-order chi connectivity index (χ1) is 17.2. The van der Waals surface area contributed by atoms with Gasteiger partial charge in [-0.05, 0) is 58.3 Å². The molecule has 0 heterocycles. The summed E-state index contributed by atoms with van der Waals surface area (Å²) in [6.45, 7) is 14.0. The van der Waals surface area contributed by atoms with Crippen molar-refractivity contribution in [1.82, 2.24) is 0 Å². The number of allylic oxidation sites excluding steroid dienone is 4. The van der Waals surface area contributed by atoms with Gasteiger partial charge in [0.1, 0.15) is 17.3 Å². The predicted octanol–water partition coefficient (Wildman–Crippen LogP) is 9.04. The molecule has 0 saturated heterocycles. The summed E-state index contributed by atoms with van der Waals surface area (Å²) in [4.78, 5) is 36.4. The number of aryl methyl sites for hydroxylation is 1. The largest absolute Gasteiger partial charge is 0.300 e. The van der Waals surface area contributed by atoms with Crippen LogP contribution in [0.5, 0.6) is 0 Å². The van der Waals surface area contributed by atoms with E-state index in [4.69, 9.17) is 0 Å². The van der Waals surface area contributed by atoms with Crippen LogP contribution in [0.25, 0.3) is 0 Å². The molecule has 202 valence electrons. The number of hydrogen-bond donors (Lipinski definition) is 0. The Hall–Kier alpha value is -2.29. The highest BCUT2D eigenvalue weighted by atomic mass is 16.1. The Labute approximate surface area is 221 Å². The highest BCUT2D eigenvalue weighted by Gasteiger charge is 2.29. The Kier molecular flexibility index (Phi) is 19.5. The standard InChI is InChI=1S/C23H36O3.C7H8.C3H8/c1-5-10-20(22(6-2)23(26)14-18(4)24)15-19-12-9-7-8-11-17(3)13-21(25)16-19;1-7-5-3-2-4-6-7;1-3-2/h7-8,11,19-20,22H,5-6,9-10,12-16H2,1-4H3;2-6H,1H3;3H2,1-2H3/b8-7-,17-11-;;. The van der Waals surface area contributed by atoms with Gasteiger partial charge >= 0.3 is 0 Å². The van der Waals surface area contributed by atoms with Crippen LogP contribution in [0, 0.1) is 24.7 Å². The van der Waals surface area contributed by atoms with E-state index < -0.39 is 0 Å². The Morgan fingerprint density at radius 3 is 2.17 bits per heavy atom. The van der Waals surface area contributed by atoms with Crippen molar-refractivity contribution in [1.29, 1.82) is 0 Å². The van der Waals surface area contributed by atoms with Crippen molar-refractivity contribution in [3.63, 3.8) is 0 Å². The maximum atomic E-state index is 12.6. The third-order valence-corrected chi connectivity index (χ3v) is 6.33. The van der Waals surface area contributed by atoms with Crippen molar-refractivity contribution in [2.45, 2.75) is 113 Å². The normalized spacial score (nSPS) is 19.7. The van der Waals surface area contributed by atoms with E-state index in [0.29, 0.717) is 24.5 Å². The lowest BCUT2D eigenvalue weighted by Crippen LogP contribution is -2.27. The van der Waals surface area contributed by atoms with Crippen LogP contribution in [-0.2, 0) is 14.4 Å². The van der Waals surface area contributed by atoms with Gasteiger partial charge in [-0.1, -0.05) is 107 Å². The van der Waals surface area contributed by atoms with Gasteiger partial charge in [0.05, 0.1) is 6.42 Å². The summed E-state index contributed by atoms with van der Waals surface area (Å²) in [5.41, 5.74) is 2.43. The molecule has 1 aromatic rings. The first kappa shape index (κ1) is 33.7. The molecule has 3 unspecified atom stereocenters. The minimum absolute atomic E-state index is 0.0506. The molecule has 3 heteroatoms. The summed E-state index contributed by atoms with van der Waals surface area (Å²) in [5.74, 6) is 0.888. The highest BCUT2D eigenvalue weighted by Crippen LogP contribution is 2.33. The third-order valence-electron chi connectivity index (χ3n) is 6.33. The van der Waals surface area contributed by atoms with Gasteiger partial charge in [0.25, 0.3) is 0 Å². The lowest BCUT2D eigenvalue weighted by molar-refractivity contribution is -0.129. The fraction of sp³-hybridized carbons (Fsp3) is 0.606. The molecule has 1 aliphatic rings. The van der Waals surface area contributed by atoms with E-state index in [0.717, 1.165) is 44.1 Å². The molecule has 0 aromatic heterocycles. The van der Waals surface area contributed by atoms with Gasteiger partial charge in [-0.3, -0.25) is 14.4 Å². The minimum Gasteiger partial charge on any atom is -0.300 e. The average molecular weight is 497 g/mol. The molecule has 0 N–H and O–H groups in total. The molecule has 3 nitrogen and oxygen atoms in total. The lowest BCUT2D eigenvalue weighted by Gasteiger charge is -2.29. The molecule has 0 aliphatic heterocycles. The van der Waals surface area contributed by atoms with Gasteiger partial charge in [-0.25, -0.2) is 0 Å². The molecule has 1 aliphatic carbocycles. The summed E-state index contributed by atoms with van der Waals surface area (Å²) in [7, 11) is 0. The van der Waals surface area contributed by atoms with E-state index in [-0.39, 0.29) is 29.8 Å². The molecule has 0 saturated carbocycles. The van der Waals surface area contributed by atoms with Crippen LogP contribution in [0.3, 0.4) is 0 Å². The average Bonchev–Trinajstić information content (AvgIpc) is 2.80. The quantitative estimate of drug-likeness (QED) is 0.320. The fourth-order valence-corrected chi connectivity index (χ4v) is 4.74. The molecular formula is C33H52O3. The van der Waals surface area contributed by atoms with E-state index in [1.54, 1.807) is 0 Å². The predicted molar refractivity (Wildman–Crippen MR) is 154 cm³/mol. The molecule has 2 rings (SSSR count). The van der Waals surface area contributed by atoms with Gasteiger partial charge in [-0.2, -0.15) is 0 Å². The van der Waals surface area contributed by atoms with Gasteiger partial charge in [0.15, 0.2) is 0 Å².